The Morgan fingerprint density at radius 1 is 0.256 bits per heavy atom. The Kier molecular flexibility index (Phi) is 13.2. The van der Waals surface area contributed by atoms with E-state index in [-0.39, 0.29) is 0 Å². The molecule has 10 aromatic carbocycles. The summed E-state index contributed by atoms with van der Waals surface area (Å²) >= 11 is 0. The van der Waals surface area contributed by atoms with Gasteiger partial charge in [-0.05, 0) is 130 Å². The molecule has 0 fully saturated rings. The molecule has 90 heavy (non-hydrogen) atoms. The SMILES string of the molecule is N#Cc1c(-n2c3ccc(-c4ccc(-c5ccccc5)nc4)cc3c3cc(-c4ccc(-c5ccccc5)nc4)ccc32)cc(-c2cc(F)cc(F)c2)cc1-n1c2ccc(-c3ccc(-c4ccccc4)nc3)cc2c2cc(-c3ccc(-c4ccccc4)nc3)ccc21. The monoisotopic (exact) mass is 1160 g/mol. The summed E-state index contributed by atoms with van der Waals surface area (Å²) in [6, 6.07) is 92.5. The Bertz CT molecular complexity index is 4840. The van der Waals surface area contributed by atoms with Crippen molar-refractivity contribution in [3.05, 3.63) is 315 Å². The fourth-order valence-corrected chi connectivity index (χ4v) is 12.6. The molecule has 7 nitrogen and oxygen atoms in total. The molecule has 16 rings (SSSR count). The van der Waals surface area contributed by atoms with Crippen LogP contribution in [0.2, 0.25) is 0 Å². The molecule has 0 aliphatic carbocycles. The summed E-state index contributed by atoms with van der Waals surface area (Å²) in [5, 5.41) is 15.7. The van der Waals surface area contributed by atoms with Gasteiger partial charge in [-0.15, -0.1) is 0 Å². The maximum absolute atomic E-state index is 15.7. The number of fused-ring (bicyclic) bond motifs is 6. The van der Waals surface area contributed by atoms with Crippen molar-refractivity contribution in [2.75, 3.05) is 0 Å². The van der Waals surface area contributed by atoms with Gasteiger partial charge in [-0.3, -0.25) is 19.9 Å². The van der Waals surface area contributed by atoms with Gasteiger partial charge in [-0.2, -0.15) is 5.26 Å². The highest BCUT2D eigenvalue weighted by Crippen LogP contribution is 2.44. The van der Waals surface area contributed by atoms with Gasteiger partial charge in [0.15, 0.2) is 0 Å². The molecule has 16 aromatic rings. The lowest BCUT2D eigenvalue weighted by atomic mass is 9.99. The van der Waals surface area contributed by atoms with E-state index >= 15 is 8.78 Å². The zero-order valence-corrected chi connectivity index (χ0v) is 48.2. The predicted octanol–water partition coefficient (Wildman–Crippen LogP) is 20.6. The van der Waals surface area contributed by atoms with Crippen LogP contribution in [0.5, 0.6) is 0 Å². The molecule has 0 saturated heterocycles. The zero-order valence-electron chi connectivity index (χ0n) is 48.2. The summed E-state index contributed by atoms with van der Waals surface area (Å²) in [5.74, 6) is -1.44. The largest absolute Gasteiger partial charge is 0.308 e. The highest BCUT2D eigenvalue weighted by Gasteiger charge is 2.25. The fraction of sp³-hybridized carbons (Fsp3) is 0. The number of halogens is 2. The molecule has 422 valence electrons. The molecule has 0 aliphatic rings. The minimum atomic E-state index is -0.721. The summed E-state index contributed by atoms with van der Waals surface area (Å²) in [7, 11) is 0. The Hall–Kier alpha value is -12.3. The predicted molar refractivity (Wildman–Crippen MR) is 360 cm³/mol. The first kappa shape index (κ1) is 53.2. The van der Waals surface area contributed by atoms with Gasteiger partial charge < -0.3 is 9.13 Å². The molecule has 6 aromatic heterocycles. The normalized spacial score (nSPS) is 11.4. The van der Waals surface area contributed by atoms with Crippen LogP contribution < -0.4 is 0 Å². The van der Waals surface area contributed by atoms with E-state index in [2.05, 4.69) is 161 Å². The van der Waals surface area contributed by atoms with Gasteiger partial charge in [0.25, 0.3) is 0 Å². The van der Waals surface area contributed by atoms with Crippen LogP contribution in [0.25, 0.3) is 156 Å². The van der Waals surface area contributed by atoms with Crippen LogP contribution in [-0.4, -0.2) is 29.1 Å². The number of benzene rings is 10. The average molecular weight is 1160 g/mol. The molecule has 0 amide bonds. The minimum absolute atomic E-state index is 0.311. The average Bonchev–Trinajstić information content (AvgIpc) is 1.65. The van der Waals surface area contributed by atoms with Crippen molar-refractivity contribution in [3.63, 3.8) is 0 Å². The third kappa shape index (κ3) is 9.62. The number of nitrogens with zero attached hydrogens (tertiary/aromatic N) is 7. The number of hydrogen-bond acceptors (Lipinski definition) is 5. The zero-order chi connectivity index (χ0) is 60.2. The molecule has 0 unspecified atom stereocenters. The Morgan fingerprint density at radius 2 is 0.522 bits per heavy atom. The van der Waals surface area contributed by atoms with Gasteiger partial charge in [-0.25, -0.2) is 8.78 Å². The summed E-state index contributed by atoms with van der Waals surface area (Å²) in [6.07, 6.45) is 7.63. The molecule has 0 aliphatic heterocycles. The van der Waals surface area contributed by atoms with Gasteiger partial charge in [0.05, 0.1) is 56.2 Å². The summed E-state index contributed by atoms with van der Waals surface area (Å²) in [5.41, 5.74) is 20.6. The Morgan fingerprint density at radius 3 is 0.778 bits per heavy atom. The molecule has 0 saturated carbocycles. The van der Waals surface area contributed by atoms with Crippen molar-refractivity contribution in [2.45, 2.75) is 0 Å². The Labute approximate surface area is 517 Å². The highest BCUT2D eigenvalue weighted by molar-refractivity contribution is 6.14. The van der Waals surface area contributed by atoms with E-state index in [1.165, 1.54) is 12.1 Å². The van der Waals surface area contributed by atoms with Gasteiger partial charge in [-0.1, -0.05) is 170 Å². The highest BCUT2D eigenvalue weighted by atomic mass is 19.1. The summed E-state index contributed by atoms with van der Waals surface area (Å²) < 4.78 is 35.6. The van der Waals surface area contributed by atoms with E-state index < -0.39 is 11.6 Å². The lowest BCUT2D eigenvalue weighted by Crippen LogP contribution is -2.05. The standard InChI is InChI=1S/C81H49F2N7/c82-65-37-63(38-66(83)45-65)64-43-80(89-76-33-25-55(59-21-29-72(85-47-59)51-13-5-1-6-14-51)39-67(76)68-40-56(26-34-77(68)89)60-22-30-73(86-48-60)52-15-7-2-8-16-52)71(46-84)81(44-64)90-78-35-27-57(61-23-31-74(87-49-61)53-17-9-3-10-18-53)41-69(78)70-42-58(28-36-79(70)90)62-24-32-75(88-50-62)54-19-11-4-12-20-54/h1-45,47-50H. The quantitative estimate of drug-likeness (QED) is 0.129. The fourth-order valence-electron chi connectivity index (χ4n) is 12.6. The first-order valence-electron chi connectivity index (χ1n) is 29.6. The van der Waals surface area contributed by atoms with E-state index in [9.17, 15) is 5.26 Å². The third-order valence-corrected chi connectivity index (χ3v) is 17.1. The van der Waals surface area contributed by atoms with Gasteiger partial charge in [0, 0.05) is 96.9 Å². The topological polar surface area (TPSA) is 85.2 Å². The van der Waals surface area contributed by atoms with Gasteiger partial charge in [0.1, 0.15) is 23.3 Å². The van der Waals surface area contributed by atoms with Crippen LogP contribution in [0.4, 0.5) is 8.78 Å². The minimum Gasteiger partial charge on any atom is -0.308 e. The first-order valence-corrected chi connectivity index (χ1v) is 29.6. The van der Waals surface area contributed by atoms with Gasteiger partial charge >= 0.3 is 0 Å². The van der Waals surface area contributed by atoms with Crippen LogP contribution in [0.15, 0.2) is 298 Å². The van der Waals surface area contributed by atoms with Crippen LogP contribution in [0.1, 0.15) is 5.56 Å². The smallest absolute Gasteiger partial charge is 0.126 e. The van der Waals surface area contributed by atoms with Gasteiger partial charge in [0.2, 0.25) is 0 Å². The summed E-state index contributed by atoms with van der Waals surface area (Å²) in [6.45, 7) is 0. The second-order valence-electron chi connectivity index (χ2n) is 22.5. The molecular weight excluding hydrogens is 1110 g/mol. The molecule has 0 atom stereocenters. The van der Waals surface area contributed by atoms with Crippen LogP contribution in [0, 0.1) is 23.0 Å². The molecule has 0 radical (unpaired) electrons. The van der Waals surface area contributed by atoms with E-state index in [1.807, 2.05) is 134 Å². The lowest BCUT2D eigenvalue weighted by Gasteiger charge is -2.19. The molecule has 9 heteroatoms. The molecule has 6 heterocycles. The van der Waals surface area contributed by atoms with Crippen LogP contribution >= 0.6 is 0 Å². The van der Waals surface area contributed by atoms with E-state index in [0.29, 0.717) is 28.1 Å². The molecule has 0 spiro atoms. The van der Waals surface area contributed by atoms with E-state index in [4.69, 9.17) is 19.9 Å². The number of nitriles is 1. The second-order valence-corrected chi connectivity index (χ2v) is 22.5. The van der Waals surface area contributed by atoms with E-state index in [0.717, 1.165) is 139 Å². The lowest BCUT2D eigenvalue weighted by molar-refractivity contribution is 0.584. The van der Waals surface area contributed by atoms with Crippen molar-refractivity contribution in [2.24, 2.45) is 0 Å². The Balaban J connectivity index is 0.922. The molecule has 0 N–H and O–H groups in total. The third-order valence-electron chi connectivity index (χ3n) is 17.1. The van der Waals surface area contributed by atoms with Crippen molar-refractivity contribution in [3.8, 4) is 118 Å². The molecule has 0 bridgehead atoms. The number of hydrogen-bond donors (Lipinski definition) is 0. The van der Waals surface area contributed by atoms with Crippen molar-refractivity contribution < 1.29 is 8.78 Å². The first-order chi connectivity index (χ1) is 44.3. The number of pyridine rings is 4. The number of aromatic nitrogens is 6. The number of rotatable bonds is 11. The van der Waals surface area contributed by atoms with Crippen molar-refractivity contribution in [1.82, 2.24) is 29.1 Å². The van der Waals surface area contributed by atoms with Crippen molar-refractivity contribution in [1.29, 1.82) is 5.26 Å². The van der Waals surface area contributed by atoms with E-state index in [1.54, 1.807) is 0 Å². The maximum atomic E-state index is 15.7. The molecular formula is C81H49F2N7. The van der Waals surface area contributed by atoms with Crippen LogP contribution in [0.3, 0.4) is 0 Å². The maximum Gasteiger partial charge on any atom is 0.126 e. The summed E-state index contributed by atoms with van der Waals surface area (Å²) in [4.78, 5) is 19.6. The second kappa shape index (κ2) is 22.2. The van der Waals surface area contributed by atoms with Crippen LogP contribution in [-0.2, 0) is 0 Å². The van der Waals surface area contributed by atoms with Crippen molar-refractivity contribution >= 4 is 43.6 Å².